The summed E-state index contributed by atoms with van der Waals surface area (Å²) in [6, 6.07) is 23.8. The van der Waals surface area contributed by atoms with E-state index in [4.69, 9.17) is 9.97 Å². The van der Waals surface area contributed by atoms with Crippen molar-refractivity contribution in [2.75, 3.05) is 0 Å². The molecule has 0 aliphatic heterocycles. The molecular weight excluding hydrogens is 384 g/mol. The molecule has 26 heavy (non-hydrogen) atoms. The lowest BCUT2D eigenvalue weighted by atomic mass is 9.71. The van der Waals surface area contributed by atoms with Crippen LogP contribution in [0.1, 0.15) is 22.3 Å². The highest BCUT2D eigenvalue weighted by Crippen LogP contribution is 2.61. The second-order valence-electron chi connectivity index (χ2n) is 6.78. The Hall–Kier alpha value is -2.78. The van der Waals surface area contributed by atoms with E-state index >= 15 is 0 Å². The van der Waals surface area contributed by atoms with Gasteiger partial charge in [0.2, 0.25) is 0 Å². The highest BCUT2D eigenvalue weighted by molar-refractivity contribution is 9.10. The number of benzene rings is 2. The molecule has 0 atom stereocenters. The minimum Gasteiger partial charge on any atom is -0.254 e. The fraction of sp³-hybridized carbons (Fsp3) is 0.0435. The van der Waals surface area contributed by atoms with E-state index in [1.54, 1.807) is 0 Å². The van der Waals surface area contributed by atoms with Crippen LogP contribution in [0.4, 0.5) is 0 Å². The van der Waals surface area contributed by atoms with E-state index in [0.29, 0.717) is 0 Å². The van der Waals surface area contributed by atoms with Gasteiger partial charge in [0.05, 0.1) is 16.8 Å². The van der Waals surface area contributed by atoms with Gasteiger partial charge in [-0.2, -0.15) is 0 Å². The van der Waals surface area contributed by atoms with Gasteiger partial charge in [0.15, 0.2) is 0 Å². The van der Waals surface area contributed by atoms with E-state index in [1.807, 2.05) is 24.5 Å². The fourth-order valence-corrected chi connectivity index (χ4v) is 5.13. The second kappa shape index (κ2) is 4.89. The van der Waals surface area contributed by atoms with Crippen LogP contribution in [0, 0.1) is 0 Å². The molecule has 2 aliphatic rings. The molecule has 0 fully saturated rings. The SMILES string of the molecule is Brc1ccc2c(c1)C1(c3ccccc3-2)c2cccnc2-c2ncccc21. The molecule has 2 nitrogen and oxygen atoms in total. The highest BCUT2D eigenvalue weighted by atomic mass is 79.9. The number of halogens is 1. The molecule has 6 rings (SSSR count). The Bertz CT molecular complexity index is 1150. The molecule has 0 unspecified atom stereocenters. The van der Waals surface area contributed by atoms with Crippen molar-refractivity contribution in [2.45, 2.75) is 5.41 Å². The maximum Gasteiger partial charge on any atom is 0.0937 e. The Kier molecular flexibility index (Phi) is 2.71. The molecule has 0 bridgehead atoms. The Morgan fingerprint density at radius 1 is 0.615 bits per heavy atom. The first kappa shape index (κ1) is 14.4. The van der Waals surface area contributed by atoms with Crippen molar-refractivity contribution < 1.29 is 0 Å². The smallest absolute Gasteiger partial charge is 0.0937 e. The van der Waals surface area contributed by atoms with Crippen molar-refractivity contribution in [3.8, 4) is 22.5 Å². The van der Waals surface area contributed by atoms with E-state index in [-0.39, 0.29) is 5.41 Å². The lowest BCUT2D eigenvalue weighted by Crippen LogP contribution is -2.26. The molecule has 1 spiro atoms. The van der Waals surface area contributed by atoms with Crippen molar-refractivity contribution in [3.63, 3.8) is 0 Å². The zero-order valence-corrected chi connectivity index (χ0v) is 15.4. The first-order valence-corrected chi connectivity index (χ1v) is 9.42. The van der Waals surface area contributed by atoms with E-state index in [0.717, 1.165) is 15.9 Å². The molecule has 0 amide bonds. The van der Waals surface area contributed by atoms with Gasteiger partial charge in [-0.25, -0.2) is 0 Å². The quantitative estimate of drug-likeness (QED) is 0.334. The van der Waals surface area contributed by atoms with Gasteiger partial charge in [0, 0.05) is 16.9 Å². The Morgan fingerprint density at radius 3 is 1.96 bits per heavy atom. The van der Waals surface area contributed by atoms with Crippen molar-refractivity contribution in [2.24, 2.45) is 0 Å². The molecule has 2 aromatic heterocycles. The molecule has 0 saturated heterocycles. The summed E-state index contributed by atoms with van der Waals surface area (Å²) in [4.78, 5) is 9.43. The lowest BCUT2D eigenvalue weighted by Gasteiger charge is -2.29. The maximum atomic E-state index is 4.71. The van der Waals surface area contributed by atoms with Crippen LogP contribution in [0.5, 0.6) is 0 Å². The summed E-state index contributed by atoms with van der Waals surface area (Å²) in [5, 5.41) is 0. The Morgan fingerprint density at radius 2 is 1.23 bits per heavy atom. The summed E-state index contributed by atoms with van der Waals surface area (Å²) < 4.78 is 1.09. The number of aromatic nitrogens is 2. The minimum absolute atomic E-state index is 0.344. The molecule has 2 aliphatic carbocycles. The van der Waals surface area contributed by atoms with Crippen LogP contribution in [0.3, 0.4) is 0 Å². The van der Waals surface area contributed by atoms with Crippen molar-refractivity contribution in [1.82, 2.24) is 9.97 Å². The number of nitrogens with zero attached hydrogens (tertiary/aromatic N) is 2. The highest BCUT2D eigenvalue weighted by Gasteiger charge is 2.52. The summed E-state index contributed by atoms with van der Waals surface area (Å²) in [5.74, 6) is 0. The summed E-state index contributed by atoms with van der Waals surface area (Å²) in [7, 11) is 0. The van der Waals surface area contributed by atoms with Gasteiger partial charge in [-0.1, -0.05) is 58.4 Å². The molecule has 3 heteroatoms. The molecule has 0 radical (unpaired) electrons. The maximum absolute atomic E-state index is 4.71. The Balaban J connectivity index is 1.88. The molecular formula is C23H13BrN2. The number of pyridine rings is 2. The van der Waals surface area contributed by atoms with Crippen molar-refractivity contribution in [3.05, 3.63) is 106 Å². The van der Waals surface area contributed by atoms with Crippen LogP contribution in [0.25, 0.3) is 22.5 Å². The average Bonchev–Trinajstić information content (AvgIpc) is 3.15. The number of rotatable bonds is 0. The van der Waals surface area contributed by atoms with E-state index in [9.17, 15) is 0 Å². The summed E-state index contributed by atoms with van der Waals surface area (Å²) in [5.41, 5.74) is 9.27. The molecule has 4 aromatic rings. The zero-order valence-electron chi connectivity index (χ0n) is 13.8. The lowest BCUT2D eigenvalue weighted by molar-refractivity contribution is 0.789. The standard InChI is InChI=1S/C23H13BrN2/c24-14-9-10-16-15-5-1-2-6-17(15)23(20(16)13-14)18-7-3-11-25-21(18)22-19(23)8-4-12-26-22/h1-13H. The van der Waals surface area contributed by atoms with E-state index < -0.39 is 0 Å². The number of fused-ring (bicyclic) bond motifs is 10. The van der Waals surface area contributed by atoms with Crippen LogP contribution in [-0.4, -0.2) is 9.97 Å². The first-order valence-electron chi connectivity index (χ1n) is 8.63. The third-order valence-corrected chi connectivity index (χ3v) is 6.15. The first-order chi connectivity index (χ1) is 12.8. The third kappa shape index (κ3) is 1.53. The van der Waals surface area contributed by atoms with Gasteiger partial charge >= 0.3 is 0 Å². The van der Waals surface area contributed by atoms with Crippen LogP contribution in [0.2, 0.25) is 0 Å². The average molecular weight is 397 g/mol. The van der Waals surface area contributed by atoms with Gasteiger partial charge in [-0.05, 0) is 57.6 Å². The fourth-order valence-electron chi connectivity index (χ4n) is 4.77. The molecule has 0 N–H and O–H groups in total. The van der Waals surface area contributed by atoms with Gasteiger partial charge in [-0.3, -0.25) is 9.97 Å². The monoisotopic (exact) mass is 396 g/mol. The van der Waals surface area contributed by atoms with Gasteiger partial charge < -0.3 is 0 Å². The van der Waals surface area contributed by atoms with Gasteiger partial charge in [0.1, 0.15) is 0 Å². The number of hydrogen-bond donors (Lipinski definition) is 0. The molecule has 0 saturated carbocycles. The Labute approximate surface area is 159 Å². The summed E-state index contributed by atoms with van der Waals surface area (Å²) in [6.45, 7) is 0. The van der Waals surface area contributed by atoms with Crippen LogP contribution < -0.4 is 0 Å². The largest absolute Gasteiger partial charge is 0.254 e. The van der Waals surface area contributed by atoms with Crippen LogP contribution in [0.15, 0.2) is 83.6 Å². The predicted molar refractivity (Wildman–Crippen MR) is 106 cm³/mol. The van der Waals surface area contributed by atoms with Crippen LogP contribution >= 0.6 is 15.9 Å². The predicted octanol–water partition coefficient (Wildman–Crippen LogP) is 5.58. The number of hydrogen-bond acceptors (Lipinski definition) is 2. The molecule has 2 aromatic carbocycles. The molecule has 122 valence electrons. The molecule has 2 heterocycles. The third-order valence-electron chi connectivity index (χ3n) is 5.65. The van der Waals surface area contributed by atoms with E-state index in [1.165, 1.54) is 33.4 Å². The van der Waals surface area contributed by atoms with Gasteiger partial charge in [0.25, 0.3) is 0 Å². The van der Waals surface area contributed by atoms with E-state index in [2.05, 4.69) is 70.5 Å². The van der Waals surface area contributed by atoms with Crippen LogP contribution in [-0.2, 0) is 5.41 Å². The summed E-state index contributed by atoms with van der Waals surface area (Å²) in [6.07, 6.45) is 3.72. The van der Waals surface area contributed by atoms with Crippen molar-refractivity contribution in [1.29, 1.82) is 0 Å². The summed E-state index contributed by atoms with van der Waals surface area (Å²) >= 11 is 3.69. The second-order valence-corrected chi connectivity index (χ2v) is 7.70. The van der Waals surface area contributed by atoms with Gasteiger partial charge in [-0.15, -0.1) is 0 Å². The van der Waals surface area contributed by atoms with Crippen molar-refractivity contribution >= 4 is 15.9 Å². The normalized spacial score (nSPS) is 14.7. The minimum atomic E-state index is -0.344. The zero-order chi connectivity index (χ0) is 17.3. The topological polar surface area (TPSA) is 25.8 Å².